The van der Waals surface area contributed by atoms with Crippen LogP contribution in [0.25, 0.3) is 10.4 Å². The molecule has 0 atom stereocenters. The van der Waals surface area contributed by atoms with Gasteiger partial charge in [-0.1, -0.05) is 12.1 Å². The number of methoxy groups -OCH3 is 2. The molecule has 0 radical (unpaired) electrons. The lowest BCUT2D eigenvalue weighted by Crippen LogP contribution is -2.40. The number of thiophene rings is 1. The first-order chi connectivity index (χ1) is 15.9. The Morgan fingerprint density at radius 1 is 0.970 bits per heavy atom. The third-order valence-corrected chi connectivity index (χ3v) is 8.72. The van der Waals surface area contributed by atoms with Crippen molar-refractivity contribution < 1.29 is 27.4 Å². The molecule has 0 aliphatic carbocycles. The molecule has 1 N–H and O–H groups in total. The van der Waals surface area contributed by atoms with Crippen molar-refractivity contribution in [1.82, 2.24) is 4.31 Å². The van der Waals surface area contributed by atoms with Crippen molar-refractivity contribution in [3.8, 4) is 21.9 Å². The molecule has 174 valence electrons. The third kappa shape index (κ3) is 5.03. The second-order valence-electron chi connectivity index (χ2n) is 7.24. The summed E-state index contributed by atoms with van der Waals surface area (Å²) in [5.74, 6) is 0.826. The minimum atomic E-state index is -3.53. The van der Waals surface area contributed by atoms with Gasteiger partial charge in [-0.3, -0.25) is 4.79 Å². The highest BCUT2D eigenvalue weighted by atomic mass is 32.2. The Balaban J connectivity index is 1.47. The summed E-state index contributed by atoms with van der Waals surface area (Å²) in [6.07, 6.45) is 0. The molecule has 1 amide bonds. The quantitative estimate of drug-likeness (QED) is 0.545. The number of hydrogen-bond acceptors (Lipinski definition) is 7. The predicted molar refractivity (Wildman–Crippen MR) is 127 cm³/mol. The van der Waals surface area contributed by atoms with Crippen LogP contribution in [-0.2, 0) is 14.8 Å². The van der Waals surface area contributed by atoms with Gasteiger partial charge in [-0.05, 0) is 42.0 Å². The summed E-state index contributed by atoms with van der Waals surface area (Å²) in [7, 11) is -0.448. The van der Waals surface area contributed by atoms with Crippen LogP contribution in [0.2, 0.25) is 0 Å². The van der Waals surface area contributed by atoms with Gasteiger partial charge in [0, 0.05) is 35.3 Å². The highest BCUT2D eigenvalue weighted by molar-refractivity contribution is 7.91. The van der Waals surface area contributed by atoms with Gasteiger partial charge >= 0.3 is 0 Å². The van der Waals surface area contributed by atoms with Crippen LogP contribution < -0.4 is 14.8 Å². The van der Waals surface area contributed by atoms with Crippen molar-refractivity contribution in [3.05, 3.63) is 60.2 Å². The van der Waals surface area contributed by atoms with E-state index in [0.29, 0.717) is 53.3 Å². The Morgan fingerprint density at radius 2 is 1.67 bits per heavy atom. The topological polar surface area (TPSA) is 94.2 Å². The number of rotatable bonds is 7. The molecule has 1 aliphatic heterocycles. The SMILES string of the molecule is COc1ccc(NC(=O)c2ccc(-c3ccc(S(=O)(=O)N4CCOCC4)s3)cc2)cc1OC. The van der Waals surface area contributed by atoms with Crippen LogP contribution in [0.3, 0.4) is 0 Å². The molecule has 1 saturated heterocycles. The first-order valence-electron chi connectivity index (χ1n) is 10.2. The van der Waals surface area contributed by atoms with Crippen LogP contribution in [0.15, 0.2) is 58.8 Å². The van der Waals surface area contributed by atoms with Crippen LogP contribution in [-0.4, -0.2) is 59.2 Å². The molecule has 0 saturated carbocycles. The summed E-state index contributed by atoms with van der Waals surface area (Å²) in [4.78, 5) is 13.5. The average Bonchev–Trinajstić information content (AvgIpc) is 3.36. The summed E-state index contributed by atoms with van der Waals surface area (Å²) in [6, 6.07) is 15.6. The fourth-order valence-corrected chi connectivity index (χ4v) is 6.31. The van der Waals surface area contributed by atoms with Crippen molar-refractivity contribution in [3.63, 3.8) is 0 Å². The van der Waals surface area contributed by atoms with Gasteiger partial charge in [-0.2, -0.15) is 4.31 Å². The van der Waals surface area contributed by atoms with Gasteiger partial charge < -0.3 is 19.5 Å². The molecule has 1 aliphatic rings. The van der Waals surface area contributed by atoms with Gasteiger partial charge in [0.05, 0.1) is 27.4 Å². The van der Waals surface area contributed by atoms with Crippen LogP contribution in [0.4, 0.5) is 5.69 Å². The maximum atomic E-state index is 12.8. The Hall–Kier alpha value is -2.92. The number of carbonyl (C=O) groups excluding carboxylic acids is 1. The normalized spacial score (nSPS) is 14.6. The van der Waals surface area contributed by atoms with E-state index in [-0.39, 0.29) is 5.91 Å². The summed E-state index contributed by atoms with van der Waals surface area (Å²) >= 11 is 1.21. The van der Waals surface area contributed by atoms with E-state index in [4.69, 9.17) is 14.2 Å². The lowest BCUT2D eigenvalue weighted by molar-refractivity contribution is 0.0731. The molecule has 10 heteroatoms. The van der Waals surface area contributed by atoms with Gasteiger partial charge in [0.15, 0.2) is 11.5 Å². The third-order valence-electron chi connectivity index (χ3n) is 5.22. The van der Waals surface area contributed by atoms with Crippen LogP contribution in [0.5, 0.6) is 11.5 Å². The predicted octanol–water partition coefficient (Wildman–Crippen LogP) is 3.71. The lowest BCUT2D eigenvalue weighted by Gasteiger charge is -2.25. The van der Waals surface area contributed by atoms with Gasteiger partial charge in [0.1, 0.15) is 4.21 Å². The standard InChI is InChI=1S/C23H24N2O6S2/c1-29-19-8-7-18(15-20(19)30-2)24-23(26)17-5-3-16(4-6-17)21-9-10-22(32-21)33(27,28)25-11-13-31-14-12-25/h3-10,15H,11-14H2,1-2H3,(H,24,26). The largest absolute Gasteiger partial charge is 0.493 e. The molecule has 1 fully saturated rings. The highest BCUT2D eigenvalue weighted by Gasteiger charge is 2.27. The molecule has 2 aromatic carbocycles. The molecule has 2 heterocycles. The van der Waals surface area contributed by atoms with Gasteiger partial charge in [0.25, 0.3) is 15.9 Å². The zero-order valence-corrected chi connectivity index (χ0v) is 19.9. The lowest BCUT2D eigenvalue weighted by atomic mass is 10.1. The summed E-state index contributed by atoms with van der Waals surface area (Å²) in [6.45, 7) is 1.54. The number of carbonyl (C=O) groups is 1. The molecule has 4 rings (SSSR count). The molecule has 1 aromatic heterocycles. The molecule has 3 aromatic rings. The number of sulfonamides is 1. The minimum Gasteiger partial charge on any atom is -0.493 e. The van der Waals surface area contributed by atoms with Crippen molar-refractivity contribution in [2.75, 3.05) is 45.8 Å². The molecular weight excluding hydrogens is 464 g/mol. The van der Waals surface area contributed by atoms with Crippen molar-refractivity contribution in [2.45, 2.75) is 4.21 Å². The maximum absolute atomic E-state index is 12.8. The average molecular weight is 489 g/mol. The van der Waals surface area contributed by atoms with Gasteiger partial charge in [-0.15, -0.1) is 11.3 Å². The molecule has 0 spiro atoms. The number of hydrogen-bond donors (Lipinski definition) is 1. The Kier molecular flexibility index (Phi) is 6.99. The second kappa shape index (κ2) is 9.92. The summed E-state index contributed by atoms with van der Waals surface area (Å²) in [5, 5.41) is 2.84. The molecule has 0 unspecified atom stereocenters. The second-order valence-corrected chi connectivity index (χ2v) is 10.5. The van der Waals surface area contributed by atoms with Gasteiger partial charge in [0.2, 0.25) is 0 Å². The summed E-state index contributed by atoms with van der Waals surface area (Å²) in [5.41, 5.74) is 1.90. The van der Waals surface area contributed by atoms with Crippen LogP contribution in [0.1, 0.15) is 10.4 Å². The van der Waals surface area contributed by atoms with Crippen molar-refractivity contribution in [2.24, 2.45) is 0 Å². The van der Waals surface area contributed by atoms with E-state index >= 15 is 0 Å². The van der Waals surface area contributed by atoms with E-state index in [2.05, 4.69) is 5.32 Å². The van der Waals surface area contributed by atoms with Crippen molar-refractivity contribution in [1.29, 1.82) is 0 Å². The zero-order valence-electron chi connectivity index (χ0n) is 18.2. The van der Waals surface area contributed by atoms with E-state index in [9.17, 15) is 13.2 Å². The Bertz CT molecular complexity index is 1230. The van der Waals surface area contributed by atoms with E-state index < -0.39 is 10.0 Å². The molecule has 33 heavy (non-hydrogen) atoms. The first-order valence-corrected chi connectivity index (χ1v) is 12.5. The number of nitrogens with one attached hydrogen (secondary N) is 1. The van der Waals surface area contributed by atoms with Crippen LogP contribution in [0, 0.1) is 0 Å². The number of morpholine rings is 1. The zero-order chi connectivity index (χ0) is 23.4. The number of benzene rings is 2. The van der Waals surface area contributed by atoms with E-state index in [0.717, 1.165) is 10.4 Å². The smallest absolute Gasteiger partial charge is 0.255 e. The van der Waals surface area contributed by atoms with E-state index in [1.165, 1.54) is 22.8 Å². The van der Waals surface area contributed by atoms with Gasteiger partial charge in [-0.25, -0.2) is 8.42 Å². The first kappa shape index (κ1) is 23.2. The van der Waals surface area contributed by atoms with E-state index in [1.54, 1.807) is 61.7 Å². The summed E-state index contributed by atoms with van der Waals surface area (Å²) < 4.78 is 43.2. The molecule has 8 nitrogen and oxygen atoms in total. The monoisotopic (exact) mass is 488 g/mol. The molecular formula is C23H24N2O6S2. The van der Waals surface area contributed by atoms with Crippen molar-refractivity contribution >= 4 is 33.0 Å². The number of amides is 1. The highest BCUT2D eigenvalue weighted by Crippen LogP contribution is 2.33. The van der Waals surface area contributed by atoms with Crippen LogP contribution >= 0.6 is 11.3 Å². The molecule has 0 bridgehead atoms. The fourth-order valence-electron chi connectivity index (χ4n) is 3.43. The number of ether oxygens (including phenoxy) is 3. The maximum Gasteiger partial charge on any atom is 0.255 e. The minimum absolute atomic E-state index is 0.268. The fraction of sp³-hybridized carbons (Fsp3) is 0.261. The van der Waals surface area contributed by atoms with E-state index in [1.807, 2.05) is 0 Å². The number of nitrogens with zero attached hydrogens (tertiary/aromatic N) is 1. The Labute approximate surface area is 196 Å². The number of anilines is 1. The Morgan fingerprint density at radius 3 is 2.33 bits per heavy atom.